The van der Waals surface area contributed by atoms with Crippen molar-refractivity contribution >= 4 is 35.1 Å². The van der Waals surface area contributed by atoms with Crippen LogP contribution in [-0.2, 0) is 32.3 Å². The highest BCUT2D eigenvalue weighted by Crippen LogP contribution is 2.22. The lowest BCUT2D eigenvalue weighted by molar-refractivity contribution is -0.930. The lowest BCUT2D eigenvalue weighted by Gasteiger charge is -2.36. The number of para-hydroxylation sites is 2. The number of anilines is 2. The molecular weight excluding hydrogens is 793 g/mol. The zero-order valence-electron chi connectivity index (χ0n) is 37.3. The number of hydrogen-bond acceptors (Lipinski definition) is 10. The smallest absolute Gasteiger partial charge is 0.279 e. The molecule has 4 rings (SSSR count). The molecule has 14 nitrogen and oxygen atoms in total. The van der Waals surface area contributed by atoms with Gasteiger partial charge < -0.3 is 59.8 Å². The second-order valence-electron chi connectivity index (χ2n) is 15.7. The normalized spacial score (nSPS) is 13.2. The summed E-state index contributed by atoms with van der Waals surface area (Å²) in [5.74, 6) is -4.04. The van der Waals surface area contributed by atoms with E-state index >= 15 is 0 Å². The lowest BCUT2D eigenvalue weighted by atomic mass is 10.0. The number of likely N-dealkylation sites (N-methyl/N-ethyl adjacent to an activating group) is 2. The molecule has 0 bridgehead atoms. The maximum absolute atomic E-state index is 12.7. The van der Waals surface area contributed by atoms with E-state index in [2.05, 4.69) is 86.9 Å². The minimum absolute atomic E-state index is 0.0898. The fraction of sp³-hybridized carbons (Fsp3) is 0.417. The van der Waals surface area contributed by atoms with Gasteiger partial charge in [-0.1, -0.05) is 97.1 Å². The van der Waals surface area contributed by atoms with Crippen molar-refractivity contribution in [2.75, 3.05) is 49.9 Å². The molecule has 4 aromatic carbocycles. The molecule has 4 aromatic rings. The summed E-state index contributed by atoms with van der Waals surface area (Å²) in [7, 11) is 0. The number of rotatable bonds is 19. The fourth-order valence-corrected chi connectivity index (χ4v) is 7.04. The van der Waals surface area contributed by atoms with Gasteiger partial charge in [-0.2, -0.15) is 0 Å². The number of carboxylic acids is 2. The van der Waals surface area contributed by atoms with E-state index in [4.69, 9.17) is 20.4 Å². The van der Waals surface area contributed by atoms with Crippen LogP contribution in [0.3, 0.4) is 0 Å². The molecule has 0 heterocycles. The Morgan fingerprint density at radius 2 is 0.758 bits per heavy atom. The molecule has 6 N–H and O–H groups in total. The van der Waals surface area contributed by atoms with Crippen LogP contribution in [0.25, 0.3) is 0 Å². The van der Waals surface area contributed by atoms with Crippen LogP contribution < -0.4 is 20.8 Å². The Balaban J connectivity index is 0.000000333. The van der Waals surface area contributed by atoms with Crippen molar-refractivity contribution in [3.8, 4) is 0 Å². The Bertz CT molecular complexity index is 1840. The highest BCUT2D eigenvalue weighted by atomic mass is 16.4. The summed E-state index contributed by atoms with van der Waals surface area (Å²) in [4.78, 5) is 45.3. The maximum atomic E-state index is 12.7. The number of quaternary nitrogens is 2. The topological polar surface area (TPSA) is 219 Å². The average molecular weight is 859 g/mol. The molecule has 14 heteroatoms. The molecule has 338 valence electrons. The first kappa shape index (κ1) is 52.7. The first-order valence-electron chi connectivity index (χ1n) is 20.9. The first-order valence-corrected chi connectivity index (χ1v) is 20.9. The molecule has 2 amide bonds. The molecule has 0 aliphatic heterocycles. The summed E-state index contributed by atoms with van der Waals surface area (Å²) in [5, 5.41) is 61.0. The van der Waals surface area contributed by atoms with Gasteiger partial charge in [0.2, 0.25) is 0 Å². The second kappa shape index (κ2) is 25.5. The number of amides is 2. The SMILES string of the molecule is CC[N+](CC)(CC(=O)Nc1c(C)cccc1C)Cc1ccccc1.CC[N+](CC)(CC(=O)Nc1c(C)cccc1C)Cc1ccccc1.O=C([O-])[C@@H](O)[C@@H](O)[C@H](O)[C@@H](O)C(=O)[O-]. The first-order chi connectivity index (χ1) is 29.3. The number of benzene rings is 4. The van der Waals surface area contributed by atoms with Crippen molar-refractivity contribution < 1.29 is 58.8 Å². The minimum Gasteiger partial charge on any atom is -0.547 e. The number of aryl methyl sites for hydroxylation is 4. The van der Waals surface area contributed by atoms with Crippen LogP contribution in [0.15, 0.2) is 97.1 Å². The zero-order chi connectivity index (χ0) is 46.6. The lowest BCUT2D eigenvalue weighted by Crippen LogP contribution is -2.55. The molecule has 0 aliphatic rings. The van der Waals surface area contributed by atoms with Crippen molar-refractivity contribution in [2.24, 2.45) is 0 Å². The summed E-state index contributed by atoms with van der Waals surface area (Å²) in [5.41, 5.74) is 8.90. The van der Waals surface area contributed by atoms with Gasteiger partial charge >= 0.3 is 0 Å². The summed E-state index contributed by atoms with van der Waals surface area (Å²) >= 11 is 0. The summed E-state index contributed by atoms with van der Waals surface area (Å²) < 4.78 is 1.53. The summed E-state index contributed by atoms with van der Waals surface area (Å²) in [6.07, 6.45) is -9.76. The number of aliphatic hydroxyl groups excluding tert-OH is 4. The van der Waals surface area contributed by atoms with Gasteiger partial charge in [0.25, 0.3) is 11.8 Å². The molecule has 0 aromatic heterocycles. The Labute approximate surface area is 366 Å². The highest BCUT2D eigenvalue weighted by Gasteiger charge is 2.32. The van der Waals surface area contributed by atoms with Crippen molar-refractivity contribution in [1.82, 2.24) is 0 Å². The van der Waals surface area contributed by atoms with Crippen LogP contribution in [0.1, 0.15) is 61.1 Å². The molecule has 0 aliphatic carbocycles. The molecule has 4 atom stereocenters. The van der Waals surface area contributed by atoms with Crippen LogP contribution in [0.4, 0.5) is 11.4 Å². The molecule has 62 heavy (non-hydrogen) atoms. The number of nitrogens with zero attached hydrogens (tertiary/aromatic N) is 2. The van der Waals surface area contributed by atoms with E-state index in [1.54, 1.807) is 0 Å². The quantitative estimate of drug-likeness (QED) is 0.0758. The third-order valence-electron chi connectivity index (χ3n) is 11.3. The van der Waals surface area contributed by atoms with Crippen LogP contribution in [0, 0.1) is 27.7 Å². The van der Waals surface area contributed by atoms with E-state index in [-0.39, 0.29) is 11.8 Å². The highest BCUT2D eigenvalue weighted by molar-refractivity contribution is 5.93. The van der Waals surface area contributed by atoms with E-state index in [0.717, 1.165) is 81.9 Å². The van der Waals surface area contributed by atoms with E-state index in [0.29, 0.717) is 13.1 Å². The van der Waals surface area contributed by atoms with Gasteiger partial charge in [-0.15, -0.1) is 0 Å². The van der Waals surface area contributed by atoms with Gasteiger partial charge in [0.1, 0.15) is 37.5 Å². The van der Waals surface area contributed by atoms with Crippen molar-refractivity contribution in [3.63, 3.8) is 0 Å². The molecule has 0 spiro atoms. The van der Waals surface area contributed by atoms with Gasteiger partial charge in [0.05, 0.1) is 38.1 Å². The van der Waals surface area contributed by atoms with Crippen molar-refractivity contribution in [2.45, 2.75) is 92.9 Å². The van der Waals surface area contributed by atoms with E-state index in [1.807, 2.05) is 76.2 Å². The fourth-order valence-electron chi connectivity index (χ4n) is 7.04. The Hall–Kier alpha value is -5.48. The van der Waals surface area contributed by atoms with Crippen LogP contribution >= 0.6 is 0 Å². The number of carboxylic acid groups (broad SMARTS) is 2. The molecular formula is C48H66N4O10. The van der Waals surface area contributed by atoms with Gasteiger partial charge in [0.15, 0.2) is 13.1 Å². The summed E-state index contributed by atoms with van der Waals surface area (Å²) in [6, 6.07) is 33.1. The maximum Gasteiger partial charge on any atom is 0.279 e. The van der Waals surface area contributed by atoms with E-state index in [1.165, 1.54) is 11.1 Å². The molecule has 0 radical (unpaired) electrons. The number of nitrogens with one attached hydrogen (secondary N) is 2. The number of aliphatic hydroxyl groups is 4. The Morgan fingerprint density at radius 1 is 0.484 bits per heavy atom. The number of aliphatic carboxylic acids is 2. The van der Waals surface area contributed by atoms with Crippen LogP contribution in [-0.4, -0.2) is 117 Å². The van der Waals surface area contributed by atoms with E-state index in [9.17, 15) is 29.4 Å². The third kappa shape index (κ3) is 16.1. The third-order valence-corrected chi connectivity index (χ3v) is 11.3. The number of hydrogen-bond donors (Lipinski definition) is 6. The molecule has 0 saturated heterocycles. The van der Waals surface area contributed by atoms with Crippen LogP contribution in [0.5, 0.6) is 0 Å². The standard InChI is InChI=1S/2C21H28N2O.C6H10O8/c2*1-5-23(6-2,15-19-13-8-7-9-14-19)16-20(24)22-21-17(3)11-10-12-18(21)4;7-1(3(9)5(11)12)2(8)4(10)6(13)14/h2*7-14H,5-6,15-16H2,1-4H3;1-4,7-10H,(H,11,12)(H,13,14)/t;;1-,2-,3-,4+/m..0/s1. The molecule has 0 unspecified atom stereocenters. The molecule has 0 fully saturated rings. The Morgan fingerprint density at radius 3 is 1.00 bits per heavy atom. The Kier molecular flexibility index (Phi) is 21.6. The van der Waals surface area contributed by atoms with E-state index < -0.39 is 36.4 Å². The van der Waals surface area contributed by atoms with Gasteiger partial charge in [0, 0.05) is 22.5 Å². The van der Waals surface area contributed by atoms with Crippen molar-refractivity contribution in [3.05, 3.63) is 130 Å². The van der Waals surface area contributed by atoms with Crippen LogP contribution in [0.2, 0.25) is 0 Å². The second-order valence-corrected chi connectivity index (χ2v) is 15.7. The zero-order valence-corrected chi connectivity index (χ0v) is 37.3. The number of carbonyl (C=O) groups is 4. The average Bonchev–Trinajstić information content (AvgIpc) is 3.25. The minimum atomic E-state index is -2.50. The van der Waals surface area contributed by atoms with Gasteiger partial charge in [-0.25, -0.2) is 0 Å². The van der Waals surface area contributed by atoms with Crippen molar-refractivity contribution in [1.29, 1.82) is 0 Å². The number of carbonyl (C=O) groups excluding carboxylic acids is 4. The monoisotopic (exact) mass is 858 g/mol. The predicted molar refractivity (Wildman–Crippen MR) is 236 cm³/mol. The summed E-state index contributed by atoms with van der Waals surface area (Å²) in [6.45, 7) is 23.3. The van der Waals surface area contributed by atoms with Gasteiger partial charge in [-0.3, -0.25) is 9.59 Å². The molecule has 0 saturated carbocycles. The van der Waals surface area contributed by atoms with Gasteiger partial charge in [-0.05, 0) is 77.6 Å². The predicted octanol–water partition coefficient (Wildman–Crippen LogP) is 2.53. The largest absolute Gasteiger partial charge is 0.547 e.